The summed E-state index contributed by atoms with van der Waals surface area (Å²) in [4.78, 5) is 23.4. The van der Waals surface area contributed by atoms with Crippen LogP contribution in [0.25, 0.3) is 0 Å². The van der Waals surface area contributed by atoms with E-state index in [4.69, 9.17) is 0 Å². The third kappa shape index (κ3) is 5.15. The van der Waals surface area contributed by atoms with Crippen molar-refractivity contribution in [1.82, 2.24) is 10.2 Å². The van der Waals surface area contributed by atoms with Gasteiger partial charge in [0.2, 0.25) is 0 Å². The van der Waals surface area contributed by atoms with Crippen LogP contribution >= 0.6 is 0 Å². The molecule has 6 nitrogen and oxygen atoms in total. The highest BCUT2D eigenvalue weighted by atomic mass is 16.2. The lowest BCUT2D eigenvalue weighted by atomic mass is 10.1. The number of carbonyl (C=O) groups excluding carboxylic acids is 2. The van der Waals surface area contributed by atoms with Gasteiger partial charge in [0, 0.05) is 17.8 Å². The lowest BCUT2D eigenvalue weighted by Gasteiger charge is -2.08. The van der Waals surface area contributed by atoms with Gasteiger partial charge in [-0.25, -0.2) is 0 Å². The van der Waals surface area contributed by atoms with Crippen LogP contribution in [0.2, 0.25) is 0 Å². The van der Waals surface area contributed by atoms with Gasteiger partial charge in [0.25, 0.3) is 5.91 Å². The molecule has 0 aliphatic carbocycles. The summed E-state index contributed by atoms with van der Waals surface area (Å²) >= 11 is 0. The molecule has 0 spiro atoms. The van der Waals surface area contributed by atoms with Crippen LogP contribution in [-0.2, 0) is 0 Å². The average Bonchev–Trinajstić information content (AvgIpc) is 2.55. The van der Waals surface area contributed by atoms with Crippen molar-refractivity contribution in [3.8, 4) is 0 Å². The normalized spacial score (nSPS) is 10.5. The Morgan fingerprint density at radius 2 is 1.75 bits per heavy atom. The summed E-state index contributed by atoms with van der Waals surface area (Å²) < 4.78 is 0. The Morgan fingerprint density at radius 1 is 1.04 bits per heavy atom. The van der Waals surface area contributed by atoms with E-state index in [0.29, 0.717) is 23.0 Å². The number of Topliss-reactive ketones (excluding diaryl/α,β-unsaturated/α-hetero) is 1. The highest BCUT2D eigenvalue weighted by Crippen LogP contribution is 2.12. The SMILES string of the molecule is CC(=O)c1ccc(NC(=O)c2ccc(NCCC(C)C)nn2)cc1. The molecule has 6 heteroatoms. The highest BCUT2D eigenvalue weighted by molar-refractivity contribution is 6.03. The summed E-state index contributed by atoms with van der Waals surface area (Å²) in [5.41, 5.74) is 1.44. The number of benzene rings is 1. The summed E-state index contributed by atoms with van der Waals surface area (Å²) in [7, 11) is 0. The van der Waals surface area contributed by atoms with Gasteiger partial charge in [0.1, 0.15) is 5.82 Å². The van der Waals surface area contributed by atoms with Gasteiger partial charge in [-0.15, -0.1) is 10.2 Å². The van der Waals surface area contributed by atoms with E-state index in [2.05, 4.69) is 34.7 Å². The zero-order valence-electron chi connectivity index (χ0n) is 14.2. The molecule has 0 atom stereocenters. The van der Waals surface area contributed by atoms with Crippen molar-refractivity contribution in [2.45, 2.75) is 27.2 Å². The maximum atomic E-state index is 12.1. The van der Waals surface area contributed by atoms with Crippen LogP contribution in [0.4, 0.5) is 11.5 Å². The second kappa shape index (κ2) is 8.19. The molecule has 0 fully saturated rings. The van der Waals surface area contributed by atoms with E-state index in [1.165, 1.54) is 6.92 Å². The fourth-order valence-corrected chi connectivity index (χ4v) is 2.02. The molecule has 126 valence electrons. The largest absolute Gasteiger partial charge is 0.369 e. The lowest BCUT2D eigenvalue weighted by Crippen LogP contribution is -2.15. The third-order valence-corrected chi connectivity index (χ3v) is 3.47. The van der Waals surface area contributed by atoms with Gasteiger partial charge in [-0.05, 0) is 55.7 Å². The monoisotopic (exact) mass is 326 g/mol. The minimum absolute atomic E-state index is 0.0145. The number of nitrogens with one attached hydrogen (secondary N) is 2. The van der Waals surface area contributed by atoms with Crippen molar-refractivity contribution >= 4 is 23.2 Å². The molecule has 0 radical (unpaired) electrons. The number of anilines is 2. The Bertz CT molecular complexity index is 694. The molecule has 0 aliphatic heterocycles. The lowest BCUT2D eigenvalue weighted by molar-refractivity contribution is 0.101. The molecule has 0 saturated heterocycles. The van der Waals surface area contributed by atoms with Crippen molar-refractivity contribution < 1.29 is 9.59 Å². The molecule has 2 N–H and O–H groups in total. The van der Waals surface area contributed by atoms with Crippen LogP contribution in [0.3, 0.4) is 0 Å². The van der Waals surface area contributed by atoms with Gasteiger partial charge < -0.3 is 10.6 Å². The van der Waals surface area contributed by atoms with Crippen LogP contribution in [0, 0.1) is 5.92 Å². The number of rotatable bonds is 7. The highest BCUT2D eigenvalue weighted by Gasteiger charge is 2.09. The van der Waals surface area contributed by atoms with Crippen LogP contribution in [-0.4, -0.2) is 28.4 Å². The Balaban J connectivity index is 1.93. The summed E-state index contributed by atoms with van der Waals surface area (Å²) in [6, 6.07) is 10.1. The zero-order chi connectivity index (χ0) is 17.5. The predicted molar refractivity (Wildman–Crippen MR) is 94.4 cm³/mol. The second-order valence-electron chi connectivity index (χ2n) is 6.00. The van der Waals surface area contributed by atoms with E-state index in [1.807, 2.05) is 0 Å². The number of hydrogen-bond acceptors (Lipinski definition) is 5. The van der Waals surface area contributed by atoms with Crippen molar-refractivity contribution in [2.24, 2.45) is 5.92 Å². The molecular formula is C18H22N4O2. The Morgan fingerprint density at radius 3 is 2.29 bits per heavy atom. The number of amides is 1. The molecule has 0 aliphatic rings. The number of ketones is 1. The first-order chi connectivity index (χ1) is 11.5. The number of aromatic nitrogens is 2. The fourth-order valence-electron chi connectivity index (χ4n) is 2.02. The maximum absolute atomic E-state index is 12.1. The minimum atomic E-state index is -0.341. The quantitative estimate of drug-likeness (QED) is 0.762. The van der Waals surface area contributed by atoms with Crippen molar-refractivity contribution in [3.05, 3.63) is 47.7 Å². The Hall–Kier alpha value is -2.76. The molecule has 1 aromatic heterocycles. The zero-order valence-corrected chi connectivity index (χ0v) is 14.2. The van der Waals surface area contributed by atoms with Crippen molar-refractivity contribution in [3.63, 3.8) is 0 Å². The molecule has 24 heavy (non-hydrogen) atoms. The predicted octanol–water partition coefficient (Wildman–Crippen LogP) is 3.39. The summed E-state index contributed by atoms with van der Waals surface area (Å²) in [6.07, 6.45) is 1.04. The minimum Gasteiger partial charge on any atom is -0.369 e. The molecule has 1 aromatic carbocycles. The van der Waals surface area contributed by atoms with Gasteiger partial charge in [-0.3, -0.25) is 9.59 Å². The average molecular weight is 326 g/mol. The standard InChI is InChI=1S/C18H22N4O2/c1-12(2)10-11-19-17-9-8-16(21-22-17)18(24)20-15-6-4-14(5-7-15)13(3)23/h4-9,12H,10-11H2,1-3H3,(H,19,22)(H,20,24). The van der Waals surface area contributed by atoms with Crippen LogP contribution < -0.4 is 10.6 Å². The van der Waals surface area contributed by atoms with E-state index < -0.39 is 0 Å². The topological polar surface area (TPSA) is 84.0 Å². The van der Waals surface area contributed by atoms with Crippen molar-refractivity contribution in [1.29, 1.82) is 0 Å². The van der Waals surface area contributed by atoms with E-state index in [1.54, 1.807) is 36.4 Å². The van der Waals surface area contributed by atoms with Crippen LogP contribution in [0.5, 0.6) is 0 Å². The fraction of sp³-hybridized carbons (Fsp3) is 0.333. The molecular weight excluding hydrogens is 304 g/mol. The molecule has 1 amide bonds. The number of hydrogen-bond donors (Lipinski definition) is 2. The molecule has 0 unspecified atom stereocenters. The van der Waals surface area contributed by atoms with Crippen LogP contribution in [0.15, 0.2) is 36.4 Å². The maximum Gasteiger partial charge on any atom is 0.276 e. The van der Waals surface area contributed by atoms with Gasteiger partial charge in [0.15, 0.2) is 11.5 Å². The van der Waals surface area contributed by atoms with E-state index in [-0.39, 0.29) is 17.4 Å². The number of nitrogens with zero attached hydrogens (tertiary/aromatic N) is 2. The summed E-state index contributed by atoms with van der Waals surface area (Å²) in [6.45, 7) is 6.63. The molecule has 0 saturated carbocycles. The first-order valence-electron chi connectivity index (χ1n) is 7.95. The van der Waals surface area contributed by atoms with E-state index in [0.717, 1.165) is 13.0 Å². The Kier molecular flexibility index (Phi) is 6.01. The summed E-state index contributed by atoms with van der Waals surface area (Å²) in [5.74, 6) is 0.911. The van der Waals surface area contributed by atoms with Crippen LogP contribution in [0.1, 0.15) is 48.0 Å². The van der Waals surface area contributed by atoms with E-state index in [9.17, 15) is 9.59 Å². The molecule has 0 bridgehead atoms. The van der Waals surface area contributed by atoms with Crippen molar-refractivity contribution in [2.75, 3.05) is 17.2 Å². The molecule has 1 heterocycles. The third-order valence-electron chi connectivity index (χ3n) is 3.47. The smallest absolute Gasteiger partial charge is 0.276 e. The van der Waals surface area contributed by atoms with Gasteiger partial charge in [-0.2, -0.15) is 0 Å². The Labute approximate surface area is 141 Å². The second-order valence-corrected chi connectivity index (χ2v) is 6.00. The van der Waals surface area contributed by atoms with Gasteiger partial charge in [-0.1, -0.05) is 13.8 Å². The number of carbonyl (C=O) groups is 2. The first kappa shape index (κ1) is 17.6. The molecule has 2 aromatic rings. The molecule has 2 rings (SSSR count). The van der Waals surface area contributed by atoms with Gasteiger partial charge in [0.05, 0.1) is 0 Å². The van der Waals surface area contributed by atoms with Gasteiger partial charge >= 0.3 is 0 Å². The van der Waals surface area contributed by atoms with E-state index >= 15 is 0 Å². The first-order valence-corrected chi connectivity index (χ1v) is 7.95. The summed E-state index contributed by atoms with van der Waals surface area (Å²) in [5, 5.41) is 13.8.